The number of aryl methyl sites for hydroxylation is 1. The summed E-state index contributed by atoms with van der Waals surface area (Å²) in [6.45, 7) is 3.61. The van der Waals surface area contributed by atoms with Gasteiger partial charge < -0.3 is 4.74 Å². The number of halogens is 1. The van der Waals surface area contributed by atoms with Crippen molar-refractivity contribution in [2.24, 2.45) is 0 Å². The molecule has 16 heavy (non-hydrogen) atoms. The number of Topliss-reactive ketones (excluding diaryl/α,β-unsaturated/α-hetero) is 1. The Labute approximate surface area is 93.2 Å². The normalized spacial score (nSPS) is 9.94. The lowest BCUT2D eigenvalue weighted by molar-refractivity contribution is -0.141. The lowest BCUT2D eigenvalue weighted by Crippen LogP contribution is -2.12. The molecule has 0 aliphatic heterocycles. The van der Waals surface area contributed by atoms with E-state index in [-0.39, 0.29) is 12.2 Å². The summed E-state index contributed by atoms with van der Waals surface area (Å²) in [5.41, 5.74) is 0.710. The molecule has 0 fully saturated rings. The van der Waals surface area contributed by atoms with Crippen molar-refractivity contribution in [2.75, 3.05) is 6.61 Å². The third kappa shape index (κ3) is 3.15. The van der Waals surface area contributed by atoms with Crippen LogP contribution < -0.4 is 0 Å². The van der Waals surface area contributed by atoms with Gasteiger partial charge in [-0.15, -0.1) is 0 Å². The van der Waals surface area contributed by atoms with Gasteiger partial charge in [-0.2, -0.15) is 0 Å². The second kappa shape index (κ2) is 5.39. The topological polar surface area (TPSA) is 43.4 Å². The van der Waals surface area contributed by atoms with E-state index in [1.165, 1.54) is 12.1 Å². The van der Waals surface area contributed by atoms with E-state index in [2.05, 4.69) is 4.74 Å². The van der Waals surface area contributed by atoms with E-state index in [9.17, 15) is 14.0 Å². The smallest absolute Gasteiger partial charge is 0.313 e. The first kappa shape index (κ1) is 12.4. The molecule has 0 aliphatic carbocycles. The number of rotatable bonds is 4. The molecule has 1 rings (SSSR count). The molecule has 0 N–H and O–H groups in total. The monoisotopic (exact) mass is 224 g/mol. The number of ketones is 1. The number of hydrogen-bond donors (Lipinski definition) is 0. The average molecular weight is 224 g/mol. The van der Waals surface area contributed by atoms with Crippen LogP contribution in [0.15, 0.2) is 18.2 Å². The largest absolute Gasteiger partial charge is 0.466 e. The first-order valence-corrected chi connectivity index (χ1v) is 4.99. The minimum absolute atomic E-state index is 0.0620. The van der Waals surface area contributed by atoms with Crippen LogP contribution in [0.5, 0.6) is 0 Å². The fourth-order valence-electron chi connectivity index (χ4n) is 1.29. The van der Waals surface area contributed by atoms with Crippen LogP contribution in [0.4, 0.5) is 4.39 Å². The maximum Gasteiger partial charge on any atom is 0.313 e. The molecule has 0 spiro atoms. The Hall–Kier alpha value is -1.71. The van der Waals surface area contributed by atoms with Crippen molar-refractivity contribution in [2.45, 2.75) is 20.3 Å². The minimum Gasteiger partial charge on any atom is -0.466 e. The molecule has 1 aromatic rings. The highest BCUT2D eigenvalue weighted by Gasteiger charge is 2.16. The van der Waals surface area contributed by atoms with E-state index in [1.807, 2.05) is 0 Å². The number of esters is 1. The van der Waals surface area contributed by atoms with Gasteiger partial charge in [0.25, 0.3) is 0 Å². The number of carbonyl (C=O) groups is 2. The molecule has 0 bridgehead atoms. The maximum absolute atomic E-state index is 13.3. The van der Waals surface area contributed by atoms with Crippen LogP contribution >= 0.6 is 0 Å². The van der Waals surface area contributed by atoms with Crippen LogP contribution in [0, 0.1) is 12.7 Å². The summed E-state index contributed by atoms with van der Waals surface area (Å²) < 4.78 is 17.9. The number of benzene rings is 1. The van der Waals surface area contributed by atoms with Crippen molar-refractivity contribution in [1.82, 2.24) is 0 Å². The first-order chi connectivity index (χ1) is 7.54. The van der Waals surface area contributed by atoms with Crippen LogP contribution in [-0.2, 0) is 9.53 Å². The highest BCUT2D eigenvalue weighted by Crippen LogP contribution is 2.12. The minimum atomic E-state index is -0.631. The quantitative estimate of drug-likeness (QED) is 0.447. The van der Waals surface area contributed by atoms with E-state index in [1.54, 1.807) is 19.9 Å². The van der Waals surface area contributed by atoms with Gasteiger partial charge >= 0.3 is 5.97 Å². The van der Waals surface area contributed by atoms with Gasteiger partial charge in [0, 0.05) is 0 Å². The molecule has 0 atom stereocenters. The van der Waals surface area contributed by atoms with E-state index in [0.29, 0.717) is 0 Å². The average Bonchev–Trinajstić information content (AvgIpc) is 2.21. The number of hydrogen-bond acceptors (Lipinski definition) is 3. The highest BCUT2D eigenvalue weighted by molar-refractivity contribution is 6.06. The molecule has 86 valence electrons. The Balaban J connectivity index is 2.80. The maximum atomic E-state index is 13.3. The molecule has 0 unspecified atom stereocenters. The van der Waals surface area contributed by atoms with Gasteiger partial charge in [0.1, 0.15) is 12.2 Å². The van der Waals surface area contributed by atoms with Crippen molar-refractivity contribution in [3.8, 4) is 0 Å². The SMILES string of the molecule is CCOC(=O)CC(=O)c1cc(C)ccc1F. The third-order valence-corrected chi connectivity index (χ3v) is 2.03. The second-order valence-electron chi connectivity index (χ2n) is 3.39. The predicted octanol–water partition coefficient (Wildman–Crippen LogP) is 2.27. The van der Waals surface area contributed by atoms with Gasteiger partial charge in [0.2, 0.25) is 0 Å². The van der Waals surface area contributed by atoms with E-state index >= 15 is 0 Å². The Morgan fingerprint density at radius 3 is 2.69 bits per heavy atom. The van der Waals surface area contributed by atoms with Crippen molar-refractivity contribution < 1.29 is 18.7 Å². The standard InChI is InChI=1S/C12H13FO3/c1-3-16-12(15)7-11(14)9-6-8(2)4-5-10(9)13/h4-6H,3,7H2,1-2H3. The Morgan fingerprint density at radius 1 is 1.38 bits per heavy atom. The van der Waals surface area contributed by atoms with Gasteiger partial charge in [-0.25, -0.2) is 4.39 Å². The molecule has 0 aromatic heterocycles. The van der Waals surface area contributed by atoms with Gasteiger partial charge in [-0.05, 0) is 26.0 Å². The zero-order chi connectivity index (χ0) is 12.1. The first-order valence-electron chi connectivity index (χ1n) is 4.99. The van der Waals surface area contributed by atoms with Crippen LogP contribution in [-0.4, -0.2) is 18.4 Å². The van der Waals surface area contributed by atoms with E-state index < -0.39 is 24.0 Å². The Kier molecular flexibility index (Phi) is 4.17. The molecule has 0 saturated carbocycles. The molecule has 0 amide bonds. The summed E-state index contributed by atoms with van der Waals surface area (Å²) in [6, 6.07) is 4.21. The lowest BCUT2D eigenvalue weighted by atomic mass is 10.1. The summed E-state index contributed by atoms with van der Waals surface area (Å²) in [5.74, 6) is -1.80. The molecule has 1 aromatic carbocycles. The van der Waals surface area contributed by atoms with Crippen molar-refractivity contribution in [3.05, 3.63) is 35.1 Å². The highest BCUT2D eigenvalue weighted by atomic mass is 19.1. The van der Waals surface area contributed by atoms with Gasteiger partial charge in [-0.1, -0.05) is 11.6 Å². The second-order valence-corrected chi connectivity index (χ2v) is 3.39. The molecular weight excluding hydrogens is 211 g/mol. The number of ether oxygens (including phenoxy) is 1. The van der Waals surface area contributed by atoms with Crippen LogP contribution in [0.25, 0.3) is 0 Å². The Morgan fingerprint density at radius 2 is 2.06 bits per heavy atom. The van der Waals surface area contributed by atoms with E-state index in [0.717, 1.165) is 5.56 Å². The zero-order valence-electron chi connectivity index (χ0n) is 9.25. The van der Waals surface area contributed by atoms with Crippen molar-refractivity contribution >= 4 is 11.8 Å². The molecule has 0 saturated heterocycles. The lowest BCUT2D eigenvalue weighted by Gasteiger charge is -2.03. The molecule has 0 radical (unpaired) electrons. The summed E-state index contributed by atoms with van der Waals surface area (Å²) in [4.78, 5) is 22.6. The molecule has 0 heterocycles. The van der Waals surface area contributed by atoms with Gasteiger partial charge in [0.15, 0.2) is 5.78 Å². The summed E-state index contributed by atoms with van der Waals surface area (Å²) >= 11 is 0. The number of carbonyl (C=O) groups excluding carboxylic acids is 2. The van der Waals surface area contributed by atoms with Gasteiger partial charge in [-0.3, -0.25) is 9.59 Å². The molecule has 3 nitrogen and oxygen atoms in total. The Bertz CT molecular complexity index is 413. The van der Waals surface area contributed by atoms with Crippen LogP contribution in [0.2, 0.25) is 0 Å². The molecule has 0 aliphatic rings. The zero-order valence-corrected chi connectivity index (χ0v) is 9.25. The van der Waals surface area contributed by atoms with E-state index in [4.69, 9.17) is 0 Å². The van der Waals surface area contributed by atoms with Crippen LogP contribution in [0.1, 0.15) is 29.3 Å². The van der Waals surface area contributed by atoms with Crippen LogP contribution in [0.3, 0.4) is 0 Å². The predicted molar refractivity (Wildman–Crippen MR) is 56.7 cm³/mol. The molecule has 4 heteroatoms. The van der Waals surface area contributed by atoms with Gasteiger partial charge in [0.05, 0.1) is 12.2 Å². The van der Waals surface area contributed by atoms with Crippen molar-refractivity contribution in [1.29, 1.82) is 0 Å². The summed E-state index contributed by atoms with van der Waals surface area (Å²) in [7, 11) is 0. The summed E-state index contributed by atoms with van der Waals surface area (Å²) in [5, 5.41) is 0. The fraction of sp³-hybridized carbons (Fsp3) is 0.333. The third-order valence-electron chi connectivity index (χ3n) is 2.03. The fourth-order valence-corrected chi connectivity index (χ4v) is 1.29. The molecular formula is C12H13FO3. The summed E-state index contributed by atoms with van der Waals surface area (Å²) in [6.07, 6.45) is -0.422. The van der Waals surface area contributed by atoms with Crippen molar-refractivity contribution in [3.63, 3.8) is 0 Å².